The van der Waals surface area contributed by atoms with Crippen LogP contribution in [0, 0.1) is 6.92 Å². The molecule has 0 fully saturated rings. The van der Waals surface area contributed by atoms with Gasteiger partial charge in [0.25, 0.3) is 0 Å². The number of aromatic nitrogens is 3. The van der Waals surface area contributed by atoms with Gasteiger partial charge in [0.2, 0.25) is 0 Å². The minimum Gasteiger partial charge on any atom is -0.253 e. The summed E-state index contributed by atoms with van der Waals surface area (Å²) >= 11 is 5.76. The maximum absolute atomic E-state index is 5.76. The Hall–Kier alpha value is -1.48. The Morgan fingerprint density at radius 2 is 1.93 bits per heavy atom. The summed E-state index contributed by atoms with van der Waals surface area (Å²) in [4.78, 5) is 12.3. The summed E-state index contributed by atoms with van der Waals surface area (Å²) in [5, 5.41) is 0.429. The number of rotatable bonds is 1. The van der Waals surface area contributed by atoms with Gasteiger partial charge in [0.1, 0.15) is 10.8 Å². The van der Waals surface area contributed by atoms with E-state index in [0.29, 0.717) is 11.0 Å². The zero-order valence-corrected chi connectivity index (χ0v) is 8.36. The van der Waals surface area contributed by atoms with E-state index in [1.807, 2.05) is 19.1 Å². The first kappa shape index (κ1) is 9.09. The monoisotopic (exact) mass is 205 g/mol. The molecule has 0 spiro atoms. The quantitative estimate of drug-likeness (QED) is 0.672. The average molecular weight is 206 g/mol. The molecule has 0 N–H and O–H groups in total. The molecular formula is C10H8ClN3. The summed E-state index contributed by atoms with van der Waals surface area (Å²) in [7, 11) is 0. The Morgan fingerprint density at radius 1 is 1.14 bits per heavy atom. The van der Waals surface area contributed by atoms with E-state index in [0.717, 1.165) is 11.3 Å². The molecule has 0 unspecified atom stereocenters. The molecule has 0 aromatic carbocycles. The van der Waals surface area contributed by atoms with Crippen LogP contribution in [0.25, 0.3) is 11.5 Å². The molecule has 0 bridgehead atoms. The number of hydrogen-bond acceptors (Lipinski definition) is 3. The van der Waals surface area contributed by atoms with Crippen LogP contribution < -0.4 is 0 Å². The third kappa shape index (κ3) is 1.88. The molecule has 70 valence electrons. The van der Waals surface area contributed by atoms with E-state index in [1.54, 1.807) is 18.5 Å². The topological polar surface area (TPSA) is 38.7 Å². The largest absolute Gasteiger partial charge is 0.253 e. The van der Waals surface area contributed by atoms with Crippen molar-refractivity contribution >= 4 is 11.6 Å². The van der Waals surface area contributed by atoms with Crippen LogP contribution in [0.1, 0.15) is 5.56 Å². The summed E-state index contributed by atoms with van der Waals surface area (Å²) in [6, 6.07) is 5.49. The van der Waals surface area contributed by atoms with E-state index < -0.39 is 0 Å². The Balaban J connectivity index is 2.49. The van der Waals surface area contributed by atoms with Crippen molar-refractivity contribution in [1.82, 2.24) is 15.0 Å². The minimum atomic E-state index is 0.429. The Bertz CT molecular complexity index is 413. The van der Waals surface area contributed by atoms with E-state index in [2.05, 4.69) is 15.0 Å². The van der Waals surface area contributed by atoms with Crippen LogP contribution in [-0.2, 0) is 0 Å². The van der Waals surface area contributed by atoms with Crippen molar-refractivity contribution in [1.29, 1.82) is 0 Å². The fraction of sp³-hybridized carbons (Fsp3) is 0.100. The number of pyridine rings is 1. The van der Waals surface area contributed by atoms with Crippen LogP contribution in [0.15, 0.2) is 30.6 Å². The van der Waals surface area contributed by atoms with Crippen molar-refractivity contribution in [2.45, 2.75) is 6.92 Å². The first-order valence-electron chi connectivity index (χ1n) is 4.17. The minimum absolute atomic E-state index is 0.429. The smallest absolute Gasteiger partial charge is 0.179 e. The molecular weight excluding hydrogens is 198 g/mol. The predicted molar refractivity (Wildman–Crippen MR) is 55.0 cm³/mol. The molecule has 0 amide bonds. The summed E-state index contributed by atoms with van der Waals surface area (Å²) in [5.74, 6) is 0.557. The lowest BCUT2D eigenvalue weighted by atomic mass is 10.2. The second kappa shape index (κ2) is 3.72. The van der Waals surface area contributed by atoms with Crippen molar-refractivity contribution in [3.05, 3.63) is 41.3 Å². The summed E-state index contributed by atoms with van der Waals surface area (Å²) < 4.78 is 0. The fourth-order valence-corrected chi connectivity index (χ4v) is 1.25. The molecule has 0 aliphatic heterocycles. The number of hydrogen-bond donors (Lipinski definition) is 0. The van der Waals surface area contributed by atoms with E-state index >= 15 is 0 Å². The number of aryl methyl sites for hydroxylation is 1. The molecule has 2 aromatic rings. The second-order valence-corrected chi connectivity index (χ2v) is 3.31. The standard InChI is InChI=1S/C10H8ClN3/c1-7-2-4-12-8(6-7)10-13-5-3-9(11)14-10/h2-6H,1H3. The van der Waals surface area contributed by atoms with Gasteiger partial charge >= 0.3 is 0 Å². The van der Waals surface area contributed by atoms with E-state index in [1.165, 1.54) is 0 Å². The highest BCUT2D eigenvalue weighted by atomic mass is 35.5. The van der Waals surface area contributed by atoms with Crippen LogP contribution in [-0.4, -0.2) is 15.0 Å². The number of nitrogens with zero attached hydrogens (tertiary/aromatic N) is 3. The number of halogens is 1. The van der Waals surface area contributed by atoms with Gasteiger partial charge in [-0.15, -0.1) is 0 Å². The van der Waals surface area contributed by atoms with E-state index in [-0.39, 0.29) is 0 Å². The molecule has 0 saturated heterocycles. The fourth-order valence-electron chi connectivity index (χ4n) is 1.12. The van der Waals surface area contributed by atoms with E-state index in [9.17, 15) is 0 Å². The van der Waals surface area contributed by atoms with Gasteiger partial charge < -0.3 is 0 Å². The van der Waals surface area contributed by atoms with Gasteiger partial charge in [-0.3, -0.25) is 4.98 Å². The zero-order chi connectivity index (χ0) is 9.97. The first-order valence-corrected chi connectivity index (χ1v) is 4.55. The lowest BCUT2D eigenvalue weighted by Gasteiger charge is -1.99. The van der Waals surface area contributed by atoms with Gasteiger partial charge in [-0.1, -0.05) is 11.6 Å². The average Bonchev–Trinajstić information content (AvgIpc) is 2.18. The molecule has 14 heavy (non-hydrogen) atoms. The third-order valence-corrected chi connectivity index (χ3v) is 1.98. The lowest BCUT2D eigenvalue weighted by molar-refractivity contribution is 1.13. The Morgan fingerprint density at radius 3 is 2.64 bits per heavy atom. The molecule has 0 aliphatic rings. The molecule has 2 heterocycles. The van der Waals surface area contributed by atoms with Crippen LogP contribution in [0.4, 0.5) is 0 Å². The van der Waals surface area contributed by atoms with Crippen molar-refractivity contribution in [3.8, 4) is 11.5 Å². The predicted octanol–water partition coefficient (Wildman–Crippen LogP) is 2.50. The van der Waals surface area contributed by atoms with Crippen molar-refractivity contribution in [2.24, 2.45) is 0 Å². The molecule has 0 saturated carbocycles. The first-order chi connectivity index (χ1) is 6.75. The molecule has 3 nitrogen and oxygen atoms in total. The maximum atomic E-state index is 5.76. The summed E-state index contributed by atoms with van der Waals surface area (Å²) in [6.45, 7) is 2.00. The maximum Gasteiger partial charge on any atom is 0.179 e. The van der Waals surface area contributed by atoms with Gasteiger partial charge in [0, 0.05) is 12.4 Å². The highest BCUT2D eigenvalue weighted by Gasteiger charge is 2.02. The molecule has 0 aliphatic carbocycles. The van der Waals surface area contributed by atoms with Gasteiger partial charge in [-0.2, -0.15) is 0 Å². The van der Waals surface area contributed by atoms with Crippen LogP contribution in [0.5, 0.6) is 0 Å². The molecule has 0 radical (unpaired) electrons. The van der Waals surface area contributed by atoms with Crippen LogP contribution >= 0.6 is 11.6 Å². The SMILES string of the molecule is Cc1ccnc(-c2nccc(Cl)n2)c1. The lowest BCUT2D eigenvalue weighted by Crippen LogP contribution is -1.91. The third-order valence-electron chi connectivity index (χ3n) is 1.77. The highest BCUT2D eigenvalue weighted by molar-refractivity contribution is 6.29. The van der Waals surface area contributed by atoms with Crippen LogP contribution in [0.3, 0.4) is 0 Å². The normalized spacial score (nSPS) is 10.1. The summed E-state index contributed by atoms with van der Waals surface area (Å²) in [5.41, 5.74) is 1.87. The van der Waals surface area contributed by atoms with Crippen molar-refractivity contribution in [3.63, 3.8) is 0 Å². The van der Waals surface area contributed by atoms with E-state index in [4.69, 9.17) is 11.6 Å². The molecule has 4 heteroatoms. The Labute approximate surface area is 86.8 Å². The highest BCUT2D eigenvalue weighted by Crippen LogP contribution is 2.14. The van der Waals surface area contributed by atoms with Crippen molar-refractivity contribution in [2.75, 3.05) is 0 Å². The van der Waals surface area contributed by atoms with Gasteiger partial charge in [0.15, 0.2) is 5.82 Å². The summed E-state index contributed by atoms with van der Waals surface area (Å²) in [6.07, 6.45) is 3.35. The van der Waals surface area contributed by atoms with Gasteiger partial charge in [0.05, 0.1) is 0 Å². The zero-order valence-electron chi connectivity index (χ0n) is 7.61. The molecule has 0 atom stereocenters. The van der Waals surface area contributed by atoms with Gasteiger partial charge in [-0.05, 0) is 30.7 Å². The second-order valence-electron chi connectivity index (χ2n) is 2.92. The Kier molecular flexibility index (Phi) is 2.41. The van der Waals surface area contributed by atoms with Crippen LogP contribution in [0.2, 0.25) is 5.15 Å². The van der Waals surface area contributed by atoms with Gasteiger partial charge in [-0.25, -0.2) is 9.97 Å². The van der Waals surface area contributed by atoms with Crippen molar-refractivity contribution < 1.29 is 0 Å². The molecule has 2 aromatic heterocycles. The molecule has 2 rings (SSSR count).